The maximum atomic E-state index is 12.6. The molecule has 2 aliphatic carbocycles. The van der Waals surface area contributed by atoms with Gasteiger partial charge in [-0.1, -0.05) is 36.9 Å². The highest BCUT2D eigenvalue weighted by atomic mass is 35.5. The molecule has 3 rings (SSSR count). The van der Waals surface area contributed by atoms with Crippen LogP contribution in [0.5, 0.6) is 0 Å². The maximum Gasteiger partial charge on any atom is 0.240 e. The number of aryl methyl sites for hydroxylation is 1. The molecule has 0 bridgehead atoms. The van der Waals surface area contributed by atoms with E-state index in [0.717, 1.165) is 31.2 Å². The number of benzene rings is 1. The topological polar surface area (TPSA) is 58.2 Å². The number of hydrogen-bond donors (Lipinski definition) is 2. The van der Waals surface area contributed by atoms with Crippen LogP contribution in [0.25, 0.3) is 0 Å². The lowest BCUT2D eigenvalue weighted by atomic mass is 9.94. The van der Waals surface area contributed by atoms with E-state index in [1.807, 2.05) is 13.0 Å². The van der Waals surface area contributed by atoms with Gasteiger partial charge in [-0.3, -0.25) is 9.59 Å². The summed E-state index contributed by atoms with van der Waals surface area (Å²) in [6, 6.07) is 5.60. The second-order valence-corrected chi connectivity index (χ2v) is 7.24. The highest BCUT2D eigenvalue weighted by Gasteiger charge is 2.56. The molecule has 0 heterocycles. The molecule has 1 aromatic carbocycles. The fourth-order valence-corrected chi connectivity index (χ4v) is 3.40. The van der Waals surface area contributed by atoms with Crippen LogP contribution in [0.1, 0.15) is 50.5 Å². The third-order valence-electron chi connectivity index (χ3n) is 5.01. The van der Waals surface area contributed by atoms with Crippen molar-refractivity contribution in [3.05, 3.63) is 28.8 Å². The summed E-state index contributed by atoms with van der Waals surface area (Å²) < 4.78 is 0. The Morgan fingerprint density at radius 3 is 2.48 bits per heavy atom. The van der Waals surface area contributed by atoms with Crippen molar-refractivity contribution in [3.63, 3.8) is 0 Å². The van der Waals surface area contributed by atoms with Crippen LogP contribution in [-0.2, 0) is 9.59 Å². The number of anilines is 1. The van der Waals surface area contributed by atoms with Gasteiger partial charge in [0.2, 0.25) is 11.8 Å². The first-order valence-corrected chi connectivity index (χ1v) is 8.78. The molecule has 1 aromatic rings. The summed E-state index contributed by atoms with van der Waals surface area (Å²) >= 11 is 5.99. The van der Waals surface area contributed by atoms with E-state index in [1.54, 1.807) is 12.1 Å². The number of carbonyl (C=O) groups is 2. The smallest absolute Gasteiger partial charge is 0.240 e. The summed E-state index contributed by atoms with van der Waals surface area (Å²) in [7, 11) is 0. The van der Waals surface area contributed by atoms with Crippen LogP contribution < -0.4 is 10.6 Å². The van der Waals surface area contributed by atoms with E-state index >= 15 is 0 Å². The van der Waals surface area contributed by atoms with Crippen molar-refractivity contribution in [2.45, 2.75) is 57.9 Å². The zero-order valence-electron chi connectivity index (χ0n) is 13.5. The van der Waals surface area contributed by atoms with Crippen LogP contribution >= 0.6 is 11.6 Å². The highest BCUT2D eigenvalue weighted by molar-refractivity contribution is 6.31. The standard InChI is InChI=1S/C18H23ClN2O2/c1-12-7-8-13(19)11-15(12)21-17(23)18(9-10-18)16(22)20-14-5-3-2-4-6-14/h7-8,11,14H,2-6,9-10H2,1H3,(H,20,22)(H,21,23). The van der Waals surface area contributed by atoms with Crippen molar-refractivity contribution in [3.8, 4) is 0 Å². The van der Waals surface area contributed by atoms with Crippen molar-refractivity contribution in [2.75, 3.05) is 5.32 Å². The van der Waals surface area contributed by atoms with E-state index in [2.05, 4.69) is 10.6 Å². The Labute approximate surface area is 142 Å². The highest BCUT2D eigenvalue weighted by Crippen LogP contribution is 2.47. The van der Waals surface area contributed by atoms with E-state index in [1.165, 1.54) is 6.42 Å². The molecule has 5 heteroatoms. The van der Waals surface area contributed by atoms with Crippen LogP contribution in [0.15, 0.2) is 18.2 Å². The van der Waals surface area contributed by atoms with Crippen molar-refractivity contribution >= 4 is 29.1 Å². The number of halogens is 1. The molecule has 0 radical (unpaired) electrons. The van der Waals surface area contributed by atoms with E-state index in [4.69, 9.17) is 11.6 Å². The minimum absolute atomic E-state index is 0.110. The Balaban J connectivity index is 1.66. The third kappa shape index (κ3) is 3.52. The van der Waals surface area contributed by atoms with E-state index in [-0.39, 0.29) is 17.9 Å². The van der Waals surface area contributed by atoms with Crippen LogP contribution in [0.4, 0.5) is 5.69 Å². The predicted octanol–water partition coefficient (Wildman–Crippen LogP) is 3.82. The third-order valence-corrected chi connectivity index (χ3v) is 5.24. The Kier molecular flexibility index (Phi) is 4.62. The van der Waals surface area contributed by atoms with Crippen molar-refractivity contribution in [2.24, 2.45) is 5.41 Å². The fourth-order valence-electron chi connectivity index (χ4n) is 3.22. The maximum absolute atomic E-state index is 12.6. The number of rotatable bonds is 4. The summed E-state index contributed by atoms with van der Waals surface area (Å²) in [4.78, 5) is 25.2. The Morgan fingerprint density at radius 2 is 1.83 bits per heavy atom. The quantitative estimate of drug-likeness (QED) is 0.822. The van der Waals surface area contributed by atoms with E-state index in [9.17, 15) is 9.59 Å². The molecule has 0 aliphatic heterocycles. The van der Waals surface area contributed by atoms with Gasteiger partial charge < -0.3 is 10.6 Å². The summed E-state index contributed by atoms with van der Waals surface area (Å²) in [5, 5.41) is 6.55. The SMILES string of the molecule is Cc1ccc(Cl)cc1NC(=O)C1(C(=O)NC2CCCCC2)CC1. The van der Waals surface area contributed by atoms with Crippen molar-refractivity contribution in [1.82, 2.24) is 5.32 Å². The molecule has 124 valence electrons. The zero-order valence-corrected chi connectivity index (χ0v) is 14.2. The molecule has 0 atom stereocenters. The molecule has 4 nitrogen and oxygen atoms in total. The first-order chi connectivity index (χ1) is 11.0. The lowest BCUT2D eigenvalue weighted by Crippen LogP contribution is -2.45. The normalized spacial score (nSPS) is 19.9. The zero-order chi connectivity index (χ0) is 16.4. The summed E-state index contributed by atoms with van der Waals surface area (Å²) in [6.45, 7) is 1.91. The number of amides is 2. The first kappa shape index (κ1) is 16.3. The average molecular weight is 335 g/mol. The average Bonchev–Trinajstić information content (AvgIpc) is 3.34. The van der Waals surface area contributed by atoms with Gasteiger partial charge in [-0.2, -0.15) is 0 Å². The molecule has 2 amide bonds. The lowest BCUT2D eigenvalue weighted by molar-refractivity contribution is -0.135. The summed E-state index contributed by atoms with van der Waals surface area (Å²) in [5.41, 5.74) is 0.733. The Morgan fingerprint density at radius 1 is 1.13 bits per heavy atom. The second kappa shape index (κ2) is 6.52. The van der Waals surface area contributed by atoms with Gasteiger partial charge in [-0.05, 0) is 50.3 Å². The van der Waals surface area contributed by atoms with Gasteiger partial charge in [0.05, 0.1) is 0 Å². The summed E-state index contributed by atoms with van der Waals surface area (Å²) in [5.74, 6) is -0.322. The van der Waals surface area contributed by atoms with Gasteiger partial charge in [0.15, 0.2) is 0 Å². The summed E-state index contributed by atoms with van der Waals surface area (Å²) in [6.07, 6.45) is 6.85. The van der Waals surface area contributed by atoms with Crippen molar-refractivity contribution < 1.29 is 9.59 Å². The molecule has 0 unspecified atom stereocenters. The molecular weight excluding hydrogens is 312 g/mol. The second-order valence-electron chi connectivity index (χ2n) is 6.80. The van der Waals surface area contributed by atoms with Crippen LogP contribution in [0, 0.1) is 12.3 Å². The number of carbonyl (C=O) groups excluding carboxylic acids is 2. The largest absolute Gasteiger partial charge is 0.352 e. The van der Waals surface area contributed by atoms with Crippen molar-refractivity contribution in [1.29, 1.82) is 0 Å². The van der Waals surface area contributed by atoms with Crippen LogP contribution in [-0.4, -0.2) is 17.9 Å². The monoisotopic (exact) mass is 334 g/mol. The molecule has 2 N–H and O–H groups in total. The lowest BCUT2D eigenvalue weighted by Gasteiger charge is -2.25. The Hall–Kier alpha value is -1.55. The first-order valence-electron chi connectivity index (χ1n) is 8.40. The van der Waals surface area contributed by atoms with Crippen LogP contribution in [0.3, 0.4) is 0 Å². The van der Waals surface area contributed by atoms with Crippen LogP contribution in [0.2, 0.25) is 5.02 Å². The molecule has 23 heavy (non-hydrogen) atoms. The molecule has 2 fully saturated rings. The molecule has 2 aliphatic rings. The minimum atomic E-state index is -0.883. The predicted molar refractivity (Wildman–Crippen MR) is 91.5 cm³/mol. The number of nitrogens with one attached hydrogen (secondary N) is 2. The van der Waals surface area contributed by atoms with Gasteiger partial charge in [-0.15, -0.1) is 0 Å². The van der Waals surface area contributed by atoms with E-state index in [0.29, 0.717) is 23.6 Å². The molecule has 0 aromatic heterocycles. The van der Waals surface area contributed by atoms with Gasteiger partial charge in [-0.25, -0.2) is 0 Å². The van der Waals surface area contributed by atoms with Gasteiger partial charge in [0, 0.05) is 16.8 Å². The van der Waals surface area contributed by atoms with Gasteiger partial charge in [0.1, 0.15) is 5.41 Å². The molecule has 0 saturated heterocycles. The van der Waals surface area contributed by atoms with Gasteiger partial charge in [0.25, 0.3) is 0 Å². The van der Waals surface area contributed by atoms with Gasteiger partial charge >= 0.3 is 0 Å². The van der Waals surface area contributed by atoms with E-state index < -0.39 is 5.41 Å². The molecular formula is C18H23ClN2O2. The number of hydrogen-bond acceptors (Lipinski definition) is 2. The fraction of sp³-hybridized carbons (Fsp3) is 0.556. The Bertz CT molecular complexity index is 619. The molecule has 0 spiro atoms. The molecule has 2 saturated carbocycles. The minimum Gasteiger partial charge on any atom is -0.352 e.